The van der Waals surface area contributed by atoms with Gasteiger partial charge in [-0.15, -0.1) is 0 Å². The highest BCUT2D eigenvalue weighted by Gasteiger charge is 2.32. The monoisotopic (exact) mass is 288 g/mol. The summed E-state index contributed by atoms with van der Waals surface area (Å²) in [6.45, 7) is 6.63. The van der Waals surface area contributed by atoms with E-state index in [2.05, 4.69) is 19.2 Å². The van der Waals surface area contributed by atoms with Crippen molar-refractivity contribution in [1.82, 2.24) is 10.2 Å². The smallest absolute Gasteiger partial charge is 0.245 e. The molecule has 0 saturated carbocycles. The first kappa shape index (κ1) is 15.5. The summed E-state index contributed by atoms with van der Waals surface area (Å²) >= 11 is 0. The number of carbonyl (C=O) groups is 2. The molecule has 0 spiro atoms. The molecule has 1 fully saturated rings. The molecule has 1 aliphatic heterocycles. The highest BCUT2D eigenvalue weighted by atomic mass is 16.2. The Morgan fingerprint density at radius 1 is 1.19 bits per heavy atom. The zero-order valence-electron chi connectivity index (χ0n) is 13.0. The third-order valence-electron chi connectivity index (χ3n) is 3.95. The number of amides is 2. The molecule has 0 aliphatic carbocycles. The number of rotatable bonds is 4. The summed E-state index contributed by atoms with van der Waals surface area (Å²) in [5.74, 6) is 0.369. The van der Waals surface area contributed by atoms with Crippen LogP contribution in [0.1, 0.15) is 45.2 Å². The Balaban J connectivity index is 2.21. The fourth-order valence-electron chi connectivity index (χ4n) is 2.79. The van der Waals surface area contributed by atoms with E-state index in [0.29, 0.717) is 25.3 Å². The van der Waals surface area contributed by atoms with E-state index >= 15 is 0 Å². The largest absolute Gasteiger partial charge is 0.344 e. The van der Waals surface area contributed by atoms with Crippen LogP contribution in [0.15, 0.2) is 30.3 Å². The van der Waals surface area contributed by atoms with Crippen molar-refractivity contribution in [3.05, 3.63) is 35.9 Å². The molecule has 0 bridgehead atoms. The highest BCUT2D eigenvalue weighted by Crippen LogP contribution is 2.23. The maximum absolute atomic E-state index is 12.8. The average molecular weight is 288 g/mol. The lowest BCUT2D eigenvalue weighted by Gasteiger charge is -2.30. The fraction of sp³-hybridized carbons (Fsp3) is 0.529. The van der Waals surface area contributed by atoms with Gasteiger partial charge in [0.15, 0.2) is 0 Å². The van der Waals surface area contributed by atoms with Gasteiger partial charge in [-0.2, -0.15) is 0 Å². The number of benzene rings is 1. The molecule has 21 heavy (non-hydrogen) atoms. The maximum Gasteiger partial charge on any atom is 0.245 e. The fourth-order valence-corrected chi connectivity index (χ4v) is 2.79. The van der Waals surface area contributed by atoms with E-state index in [9.17, 15) is 9.59 Å². The number of nitrogens with zero attached hydrogens (tertiary/aromatic N) is 1. The van der Waals surface area contributed by atoms with Gasteiger partial charge in [0.1, 0.15) is 6.04 Å². The Morgan fingerprint density at radius 2 is 1.86 bits per heavy atom. The minimum atomic E-state index is -0.397. The van der Waals surface area contributed by atoms with E-state index < -0.39 is 6.04 Å². The van der Waals surface area contributed by atoms with Crippen molar-refractivity contribution in [2.45, 2.75) is 45.7 Å². The summed E-state index contributed by atoms with van der Waals surface area (Å²) in [5.41, 5.74) is 1.10. The van der Waals surface area contributed by atoms with Crippen LogP contribution in [0.2, 0.25) is 0 Å². The van der Waals surface area contributed by atoms with Gasteiger partial charge in [-0.25, -0.2) is 0 Å². The molecule has 1 N–H and O–H groups in total. The van der Waals surface area contributed by atoms with E-state index in [1.54, 1.807) is 0 Å². The molecule has 1 aromatic carbocycles. The van der Waals surface area contributed by atoms with Gasteiger partial charge in [-0.1, -0.05) is 44.2 Å². The molecule has 1 saturated heterocycles. The van der Waals surface area contributed by atoms with Crippen molar-refractivity contribution in [2.75, 3.05) is 6.54 Å². The molecule has 4 heteroatoms. The van der Waals surface area contributed by atoms with Crippen LogP contribution < -0.4 is 5.32 Å². The van der Waals surface area contributed by atoms with E-state index in [4.69, 9.17) is 0 Å². The van der Waals surface area contributed by atoms with Crippen LogP contribution in [0.5, 0.6) is 0 Å². The second-order valence-electron chi connectivity index (χ2n) is 6.12. The first-order valence-electron chi connectivity index (χ1n) is 7.64. The van der Waals surface area contributed by atoms with Crippen molar-refractivity contribution >= 4 is 11.8 Å². The summed E-state index contributed by atoms with van der Waals surface area (Å²) in [6, 6.07) is 9.55. The molecule has 0 aromatic heterocycles. The predicted molar refractivity (Wildman–Crippen MR) is 82.6 cm³/mol. The minimum absolute atomic E-state index is 0.0129. The van der Waals surface area contributed by atoms with Gasteiger partial charge >= 0.3 is 0 Å². The molecule has 114 valence electrons. The zero-order chi connectivity index (χ0) is 15.4. The molecular formula is C17H24N2O2. The second kappa shape index (κ2) is 6.74. The third kappa shape index (κ3) is 3.84. The standard InChI is InChI=1S/C17H24N2O2/c1-12(2)11-15-17(21)19(10-9-16(20)18-15)13(3)14-7-5-4-6-8-14/h4-8,12-13,15H,9-11H2,1-3H3,(H,18,20). The van der Waals surface area contributed by atoms with Gasteiger partial charge in [-0.3, -0.25) is 9.59 Å². The van der Waals surface area contributed by atoms with Crippen LogP contribution in [0.3, 0.4) is 0 Å². The molecule has 1 heterocycles. The summed E-state index contributed by atoms with van der Waals surface area (Å²) in [7, 11) is 0. The van der Waals surface area contributed by atoms with Crippen LogP contribution in [-0.2, 0) is 9.59 Å². The first-order valence-corrected chi connectivity index (χ1v) is 7.64. The van der Waals surface area contributed by atoms with Crippen LogP contribution >= 0.6 is 0 Å². The minimum Gasteiger partial charge on any atom is -0.344 e. The molecule has 2 unspecified atom stereocenters. The van der Waals surface area contributed by atoms with Crippen LogP contribution in [0.4, 0.5) is 0 Å². The van der Waals surface area contributed by atoms with E-state index in [1.165, 1.54) is 0 Å². The zero-order valence-corrected chi connectivity index (χ0v) is 13.0. The Kier molecular flexibility index (Phi) is 4.99. The highest BCUT2D eigenvalue weighted by molar-refractivity contribution is 5.90. The van der Waals surface area contributed by atoms with Crippen LogP contribution in [0, 0.1) is 5.92 Å². The van der Waals surface area contributed by atoms with Gasteiger partial charge in [0.05, 0.1) is 6.04 Å². The number of nitrogens with one attached hydrogen (secondary N) is 1. The molecule has 4 nitrogen and oxygen atoms in total. The van der Waals surface area contributed by atoms with Crippen molar-refractivity contribution in [2.24, 2.45) is 5.92 Å². The van der Waals surface area contributed by atoms with Gasteiger partial charge < -0.3 is 10.2 Å². The molecule has 1 aliphatic rings. The summed E-state index contributed by atoms with van der Waals surface area (Å²) in [4.78, 5) is 26.4. The normalized spacial score (nSPS) is 21.1. The maximum atomic E-state index is 12.8. The molecule has 2 rings (SSSR count). The summed E-state index contributed by atoms with van der Waals surface area (Å²) in [5, 5.41) is 2.87. The lowest BCUT2D eigenvalue weighted by atomic mass is 10.0. The Labute approximate surface area is 126 Å². The van der Waals surface area contributed by atoms with E-state index in [1.807, 2.05) is 42.2 Å². The number of carbonyl (C=O) groups excluding carboxylic acids is 2. The van der Waals surface area contributed by atoms with Crippen molar-refractivity contribution in [3.63, 3.8) is 0 Å². The third-order valence-corrected chi connectivity index (χ3v) is 3.95. The quantitative estimate of drug-likeness (QED) is 0.925. The van der Waals surface area contributed by atoms with Gasteiger partial charge in [0.2, 0.25) is 11.8 Å². The van der Waals surface area contributed by atoms with Crippen molar-refractivity contribution < 1.29 is 9.59 Å². The van der Waals surface area contributed by atoms with E-state index in [0.717, 1.165) is 5.56 Å². The van der Waals surface area contributed by atoms with Crippen LogP contribution in [-0.4, -0.2) is 29.3 Å². The van der Waals surface area contributed by atoms with E-state index in [-0.39, 0.29) is 17.9 Å². The predicted octanol–water partition coefficient (Wildman–Crippen LogP) is 2.51. The Hall–Kier alpha value is -1.84. The summed E-state index contributed by atoms with van der Waals surface area (Å²) in [6.07, 6.45) is 1.06. The molecular weight excluding hydrogens is 264 g/mol. The SMILES string of the molecule is CC(C)CC1NC(=O)CCN(C(C)c2ccccc2)C1=O. The molecule has 2 atom stereocenters. The molecule has 2 amide bonds. The Bertz CT molecular complexity index is 499. The lowest BCUT2D eigenvalue weighted by molar-refractivity contribution is -0.135. The average Bonchev–Trinajstić information content (AvgIpc) is 2.59. The van der Waals surface area contributed by atoms with Gasteiger partial charge in [0, 0.05) is 13.0 Å². The van der Waals surface area contributed by atoms with Crippen molar-refractivity contribution in [1.29, 1.82) is 0 Å². The van der Waals surface area contributed by atoms with Crippen LogP contribution in [0.25, 0.3) is 0 Å². The first-order chi connectivity index (χ1) is 9.99. The van der Waals surface area contributed by atoms with Gasteiger partial charge in [0.25, 0.3) is 0 Å². The number of hydrogen-bond donors (Lipinski definition) is 1. The Morgan fingerprint density at radius 3 is 2.48 bits per heavy atom. The number of hydrogen-bond acceptors (Lipinski definition) is 2. The molecule has 0 radical (unpaired) electrons. The van der Waals surface area contributed by atoms with Gasteiger partial charge in [-0.05, 0) is 24.8 Å². The summed E-state index contributed by atoms with van der Waals surface area (Å²) < 4.78 is 0. The van der Waals surface area contributed by atoms with Crippen molar-refractivity contribution in [3.8, 4) is 0 Å². The lowest BCUT2D eigenvalue weighted by Crippen LogP contribution is -2.46. The second-order valence-corrected chi connectivity index (χ2v) is 6.12. The molecule has 1 aromatic rings. The topological polar surface area (TPSA) is 49.4 Å².